The second-order valence-corrected chi connectivity index (χ2v) is 9.39. The van der Waals surface area contributed by atoms with Gasteiger partial charge in [-0.05, 0) is 23.4 Å². The molecule has 1 amide bonds. The lowest BCUT2D eigenvalue weighted by Crippen LogP contribution is -2.37. The van der Waals surface area contributed by atoms with Crippen LogP contribution in [0.2, 0.25) is 0 Å². The minimum atomic E-state index is -0.110. The minimum absolute atomic E-state index is 0.110. The van der Waals surface area contributed by atoms with Crippen LogP contribution in [0.5, 0.6) is 0 Å². The standard InChI is InChI=1S/C24H28N8O2S/c1-2-35-24-28-21(31-11-13-34-14-12-31)20-15-27-32(22(20)29-24)10-8-26-23(33)19-5-3-18(4-6-19)16-30-9-7-25-17-30/h3-7,9,15,17H,2,8,10-14,16H2,1H3,(H,26,33). The van der Waals surface area contributed by atoms with Crippen molar-refractivity contribution in [2.75, 3.05) is 43.5 Å². The maximum atomic E-state index is 12.7. The largest absolute Gasteiger partial charge is 0.378 e. The summed E-state index contributed by atoms with van der Waals surface area (Å²) in [5, 5.41) is 9.21. The van der Waals surface area contributed by atoms with E-state index in [2.05, 4.69) is 27.2 Å². The number of imidazole rings is 1. The molecule has 0 atom stereocenters. The van der Waals surface area contributed by atoms with Crippen molar-refractivity contribution in [2.45, 2.75) is 25.2 Å². The number of amides is 1. The fraction of sp³-hybridized carbons (Fsp3) is 0.375. The van der Waals surface area contributed by atoms with Crippen LogP contribution in [0.3, 0.4) is 0 Å². The number of carbonyl (C=O) groups excluding carboxylic acids is 1. The Labute approximate surface area is 207 Å². The summed E-state index contributed by atoms with van der Waals surface area (Å²) >= 11 is 1.61. The number of morpholine rings is 1. The summed E-state index contributed by atoms with van der Waals surface area (Å²) in [6.07, 6.45) is 7.27. The van der Waals surface area contributed by atoms with E-state index in [0.29, 0.717) is 31.9 Å². The van der Waals surface area contributed by atoms with Gasteiger partial charge >= 0.3 is 0 Å². The first-order valence-electron chi connectivity index (χ1n) is 11.7. The first kappa shape index (κ1) is 23.3. The van der Waals surface area contributed by atoms with E-state index in [1.54, 1.807) is 24.3 Å². The molecule has 10 nitrogen and oxygen atoms in total. The summed E-state index contributed by atoms with van der Waals surface area (Å²) in [7, 11) is 0. The smallest absolute Gasteiger partial charge is 0.251 e. The monoisotopic (exact) mass is 492 g/mol. The van der Waals surface area contributed by atoms with Crippen LogP contribution in [-0.4, -0.2) is 73.8 Å². The molecule has 5 rings (SSSR count). The van der Waals surface area contributed by atoms with Gasteiger partial charge in [-0.3, -0.25) is 4.79 Å². The van der Waals surface area contributed by atoms with E-state index in [1.807, 2.05) is 45.9 Å². The number of aromatic nitrogens is 6. The molecule has 0 spiro atoms. The van der Waals surface area contributed by atoms with Gasteiger partial charge in [-0.15, -0.1) is 0 Å². The highest BCUT2D eigenvalue weighted by atomic mass is 32.2. The molecular formula is C24H28N8O2S. The number of hydrogen-bond donors (Lipinski definition) is 1. The van der Waals surface area contributed by atoms with Crippen LogP contribution in [0.4, 0.5) is 5.82 Å². The Bertz CT molecular complexity index is 1270. The zero-order valence-corrected chi connectivity index (χ0v) is 20.4. The summed E-state index contributed by atoms with van der Waals surface area (Å²) in [5.74, 6) is 1.68. The fourth-order valence-corrected chi connectivity index (χ4v) is 4.58. The van der Waals surface area contributed by atoms with Crippen LogP contribution < -0.4 is 10.2 Å². The van der Waals surface area contributed by atoms with Crippen molar-refractivity contribution in [3.8, 4) is 0 Å². The molecule has 0 radical (unpaired) electrons. The number of rotatable bonds is 9. The Hall–Kier alpha value is -3.44. The number of anilines is 1. The highest BCUT2D eigenvalue weighted by Gasteiger charge is 2.20. The number of nitrogens with zero attached hydrogens (tertiary/aromatic N) is 7. The number of benzene rings is 1. The van der Waals surface area contributed by atoms with E-state index in [1.165, 1.54) is 0 Å². The number of carbonyl (C=O) groups is 1. The van der Waals surface area contributed by atoms with E-state index in [4.69, 9.17) is 14.7 Å². The lowest BCUT2D eigenvalue weighted by Gasteiger charge is -2.28. The lowest BCUT2D eigenvalue weighted by atomic mass is 10.1. The molecule has 1 aliphatic rings. The van der Waals surface area contributed by atoms with E-state index in [9.17, 15) is 4.79 Å². The Morgan fingerprint density at radius 3 is 2.74 bits per heavy atom. The topological polar surface area (TPSA) is 103 Å². The molecule has 4 aromatic rings. The molecule has 0 bridgehead atoms. The van der Waals surface area contributed by atoms with Crippen LogP contribution in [-0.2, 0) is 17.8 Å². The van der Waals surface area contributed by atoms with Crippen LogP contribution in [0.1, 0.15) is 22.8 Å². The second kappa shape index (κ2) is 10.9. The van der Waals surface area contributed by atoms with Gasteiger partial charge < -0.3 is 19.5 Å². The van der Waals surface area contributed by atoms with Crippen molar-refractivity contribution in [1.29, 1.82) is 0 Å². The molecule has 1 fully saturated rings. The van der Waals surface area contributed by atoms with Gasteiger partial charge in [-0.1, -0.05) is 30.8 Å². The number of nitrogens with one attached hydrogen (secondary N) is 1. The average molecular weight is 493 g/mol. The Kier molecular flexibility index (Phi) is 7.24. The van der Waals surface area contributed by atoms with E-state index in [-0.39, 0.29) is 5.91 Å². The third-order valence-electron chi connectivity index (χ3n) is 5.79. The Balaban J connectivity index is 1.25. The number of ether oxygens (including phenoxy) is 1. The first-order valence-corrected chi connectivity index (χ1v) is 12.7. The summed E-state index contributed by atoms with van der Waals surface area (Å²) in [5.41, 5.74) is 2.53. The third-order valence-corrected chi connectivity index (χ3v) is 6.52. The van der Waals surface area contributed by atoms with Crippen molar-refractivity contribution < 1.29 is 9.53 Å². The predicted octanol–water partition coefficient (Wildman–Crippen LogP) is 2.45. The van der Waals surface area contributed by atoms with E-state index in [0.717, 1.165) is 53.0 Å². The highest BCUT2D eigenvalue weighted by molar-refractivity contribution is 7.99. The third kappa shape index (κ3) is 5.46. The molecule has 182 valence electrons. The van der Waals surface area contributed by atoms with Crippen LogP contribution in [0.15, 0.2) is 54.3 Å². The quantitative estimate of drug-likeness (QED) is 0.281. The van der Waals surface area contributed by atoms with Gasteiger partial charge in [0.25, 0.3) is 5.91 Å². The summed E-state index contributed by atoms with van der Waals surface area (Å²) in [6.45, 7) is 6.74. The zero-order valence-electron chi connectivity index (χ0n) is 19.6. The molecule has 1 aromatic carbocycles. The van der Waals surface area contributed by atoms with Gasteiger partial charge in [0.05, 0.1) is 37.7 Å². The first-order chi connectivity index (χ1) is 17.2. The molecule has 4 heterocycles. The van der Waals surface area contributed by atoms with Crippen molar-refractivity contribution in [3.05, 3.63) is 60.3 Å². The number of fused-ring (bicyclic) bond motifs is 1. The maximum Gasteiger partial charge on any atom is 0.251 e. The summed E-state index contributed by atoms with van der Waals surface area (Å²) in [4.78, 5) is 28.5. The van der Waals surface area contributed by atoms with Crippen LogP contribution >= 0.6 is 11.8 Å². The minimum Gasteiger partial charge on any atom is -0.378 e. The number of thioether (sulfide) groups is 1. The molecular weight excluding hydrogens is 464 g/mol. The van der Waals surface area contributed by atoms with Gasteiger partial charge in [0.1, 0.15) is 5.82 Å². The fourth-order valence-electron chi connectivity index (χ4n) is 4.02. The molecule has 3 aromatic heterocycles. The summed E-state index contributed by atoms with van der Waals surface area (Å²) < 4.78 is 9.33. The van der Waals surface area contributed by atoms with E-state index < -0.39 is 0 Å². The van der Waals surface area contributed by atoms with Crippen LogP contribution in [0.25, 0.3) is 11.0 Å². The molecule has 0 unspecified atom stereocenters. The second-order valence-electron chi connectivity index (χ2n) is 8.16. The predicted molar refractivity (Wildman–Crippen MR) is 135 cm³/mol. The molecule has 35 heavy (non-hydrogen) atoms. The SMILES string of the molecule is CCSc1nc(N2CCOCC2)c2cnn(CCNC(=O)c3ccc(Cn4ccnc4)cc3)c2n1. The number of hydrogen-bond acceptors (Lipinski definition) is 8. The molecule has 0 saturated carbocycles. The molecule has 1 saturated heterocycles. The molecule has 1 aliphatic heterocycles. The summed E-state index contributed by atoms with van der Waals surface area (Å²) in [6, 6.07) is 7.63. The van der Waals surface area contributed by atoms with Gasteiger partial charge in [0.15, 0.2) is 10.8 Å². The van der Waals surface area contributed by atoms with E-state index >= 15 is 0 Å². The molecule has 1 N–H and O–H groups in total. The lowest BCUT2D eigenvalue weighted by molar-refractivity contribution is 0.0952. The molecule has 0 aliphatic carbocycles. The Morgan fingerprint density at radius 2 is 2.00 bits per heavy atom. The zero-order chi connectivity index (χ0) is 24.0. The van der Waals surface area contributed by atoms with Crippen LogP contribution in [0, 0.1) is 0 Å². The highest BCUT2D eigenvalue weighted by Crippen LogP contribution is 2.27. The normalized spacial score (nSPS) is 13.9. The van der Waals surface area contributed by atoms with Crippen molar-refractivity contribution in [1.82, 2.24) is 34.6 Å². The van der Waals surface area contributed by atoms with Gasteiger partial charge in [0, 0.05) is 44.1 Å². The Morgan fingerprint density at radius 1 is 1.17 bits per heavy atom. The maximum absolute atomic E-state index is 12.7. The molecule has 11 heteroatoms. The average Bonchev–Trinajstić information content (AvgIpc) is 3.55. The van der Waals surface area contributed by atoms with Crippen molar-refractivity contribution >= 4 is 34.5 Å². The van der Waals surface area contributed by atoms with Gasteiger partial charge in [-0.25, -0.2) is 19.6 Å². The van der Waals surface area contributed by atoms with Gasteiger partial charge in [-0.2, -0.15) is 5.10 Å². The van der Waals surface area contributed by atoms with Gasteiger partial charge in [0.2, 0.25) is 0 Å². The van der Waals surface area contributed by atoms with Crippen molar-refractivity contribution in [2.24, 2.45) is 0 Å². The van der Waals surface area contributed by atoms with Crippen molar-refractivity contribution in [3.63, 3.8) is 0 Å².